The van der Waals surface area contributed by atoms with Crippen LogP contribution in [0.4, 0.5) is 24.7 Å². The Morgan fingerprint density at radius 1 is 1.44 bits per heavy atom. The van der Waals surface area contributed by atoms with Crippen LogP contribution in [-0.4, -0.2) is 28.8 Å². The average molecular weight is 264 g/mol. The number of rotatable bonds is 5. The highest BCUT2D eigenvalue weighted by atomic mass is 19.4. The number of nitrogens with one attached hydrogen (secondary N) is 1. The standard InChI is InChI=1S/C10H15F3N4O/c1-3-18-9-7(14)8(15-5-16-9)17-6(2)4-10(11,12)13/h5-6H,3-4,14H2,1-2H3,(H,15,16,17). The molecule has 1 rings (SSSR count). The van der Waals surface area contributed by atoms with Crippen molar-refractivity contribution in [1.82, 2.24) is 9.97 Å². The molecular weight excluding hydrogens is 249 g/mol. The van der Waals surface area contributed by atoms with E-state index in [1.807, 2.05) is 0 Å². The summed E-state index contributed by atoms with van der Waals surface area (Å²) in [5, 5.41) is 2.59. The SMILES string of the molecule is CCOc1ncnc(NC(C)CC(F)(F)F)c1N. The summed E-state index contributed by atoms with van der Waals surface area (Å²) in [5.41, 5.74) is 5.79. The van der Waals surface area contributed by atoms with E-state index in [0.29, 0.717) is 6.61 Å². The summed E-state index contributed by atoms with van der Waals surface area (Å²) in [6.07, 6.45) is -4.03. The summed E-state index contributed by atoms with van der Waals surface area (Å²) < 4.78 is 41.7. The smallest absolute Gasteiger partial charge is 0.391 e. The van der Waals surface area contributed by atoms with Gasteiger partial charge in [-0.15, -0.1) is 0 Å². The largest absolute Gasteiger partial charge is 0.476 e. The highest BCUT2D eigenvalue weighted by Gasteiger charge is 2.30. The van der Waals surface area contributed by atoms with Crippen LogP contribution in [0, 0.1) is 0 Å². The Bertz CT molecular complexity index is 397. The summed E-state index contributed by atoms with van der Waals surface area (Å²) in [7, 11) is 0. The van der Waals surface area contributed by atoms with Gasteiger partial charge in [-0.1, -0.05) is 0 Å². The molecule has 3 N–H and O–H groups in total. The van der Waals surface area contributed by atoms with Crippen LogP contribution in [0.15, 0.2) is 6.33 Å². The van der Waals surface area contributed by atoms with Crippen molar-refractivity contribution < 1.29 is 17.9 Å². The molecule has 0 saturated carbocycles. The van der Waals surface area contributed by atoms with Crippen LogP contribution >= 0.6 is 0 Å². The Morgan fingerprint density at radius 3 is 2.67 bits per heavy atom. The van der Waals surface area contributed by atoms with Gasteiger partial charge in [0, 0.05) is 6.04 Å². The third kappa shape index (κ3) is 4.27. The van der Waals surface area contributed by atoms with Gasteiger partial charge in [-0.05, 0) is 13.8 Å². The number of nitrogens with zero attached hydrogens (tertiary/aromatic N) is 2. The molecule has 1 atom stereocenters. The van der Waals surface area contributed by atoms with Crippen molar-refractivity contribution in [1.29, 1.82) is 0 Å². The number of nitrogens with two attached hydrogens (primary N) is 1. The first-order chi connectivity index (χ1) is 8.33. The molecule has 0 radical (unpaired) electrons. The van der Waals surface area contributed by atoms with Gasteiger partial charge in [0.15, 0.2) is 5.82 Å². The molecule has 0 fully saturated rings. The highest BCUT2D eigenvalue weighted by molar-refractivity contribution is 5.66. The Morgan fingerprint density at radius 2 is 2.11 bits per heavy atom. The van der Waals surface area contributed by atoms with E-state index in [4.69, 9.17) is 10.5 Å². The normalized spacial score (nSPS) is 13.2. The van der Waals surface area contributed by atoms with Gasteiger partial charge < -0.3 is 15.8 Å². The summed E-state index contributed by atoms with van der Waals surface area (Å²) in [4.78, 5) is 7.59. The van der Waals surface area contributed by atoms with E-state index in [0.717, 1.165) is 0 Å². The molecule has 0 spiro atoms. The van der Waals surface area contributed by atoms with Crippen LogP contribution in [-0.2, 0) is 0 Å². The topological polar surface area (TPSA) is 73.1 Å². The van der Waals surface area contributed by atoms with E-state index >= 15 is 0 Å². The van der Waals surface area contributed by atoms with Gasteiger partial charge in [-0.2, -0.15) is 18.2 Å². The quantitative estimate of drug-likeness (QED) is 0.853. The first-order valence-electron chi connectivity index (χ1n) is 5.40. The molecule has 102 valence electrons. The second kappa shape index (κ2) is 5.74. The highest BCUT2D eigenvalue weighted by Crippen LogP contribution is 2.27. The third-order valence-corrected chi connectivity index (χ3v) is 2.05. The van der Waals surface area contributed by atoms with E-state index in [-0.39, 0.29) is 17.4 Å². The molecule has 0 aliphatic carbocycles. The van der Waals surface area contributed by atoms with Crippen molar-refractivity contribution in [3.63, 3.8) is 0 Å². The van der Waals surface area contributed by atoms with Gasteiger partial charge in [-0.3, -0.25) is 0 Å². The van der Waals surface area contributed by atoms with Gasteiger partial charge in [0.25, 0.3) is 0 Å². The Labute approximate surface area is 103 Å². The van der Waals surface area contributed by atoms with Crippen LogP contribution in [0.5, 0.6) is 5.88 Å². The molecular formula is C10H15F3N4O. The summed E-state index contributed by atoms with van der Waals surface area (Å²) in [5.74, 6) is 0.305. The lowest BCUT2D eigenvalue weighted by Crippen LogP contribution is -2.25. The van der Waals surface area contributed by atoms with E-state index in [9.17, 15) is 13.2 Å². The van der Waals surface area contributed by atoms with Crippen LogP contribution in [0.1, 0.15) is 20.3 Å². The number of ether oxygens (including phenoxy) is 1. The molecule has 0 bridgehead atoms. The summed E-state index contributed by atoms with van der Waals surface area (Å²) in [6.45, 7) is 3.51. The lowest BCUT2D eigenvalue weighted by Gasteiger charge is -2.17. The maximum atomic E-state index is 12.2. The van der Waals surface area contributed by atoms with Crippen molar-refractivity contribution in [2.24, 2.45) is 0 Å². The molecule has 0 aliphatic rings. The monoisotopic (exact) mass is 264 g/mol. The number of anilines is 2. The minimum atomic E-state index is -4.24. The fourth-order valence-corrected chi connectivity index (χ4v) is 1.38. The molecule has 0 saturated heterocycles. The van der Waals surface area contributed by atoms with E-state index < -0.39 is 18.6 Å². The van der Waals surface area contributed by atoms with Crippen molar-refractivity contribution >= 4 is 11.5 Å². The first kappa shape index (κ1) is 14.3. The van der Waals surface area contributed by atoms with Crippen LogP contribution in [0.2, 0.25) is 0 Å². The number of alkyl halides is 3. The van der Waals surface area contributed by atoms with Crippen molar-refractivity contribution in [2.45, 2.75) is 32.5 Å². The maximum Gasteiger partial charge on any atom is 0.391 e. The number of hydrogen-bond acceptors (Lipinski definition) is 5. The fraction of sp³-hybridized carbons (Fsp3) is 0.600. The van der Waals surface area contributed by atoms with Gasteiger partial charge in [0.2, 0.25) is 5.88 Å². The number of halogens is 3. The van der Waals surface area contributed by atoms with Gasteiger partial charge in [-0.25, -0.2) is 4.98 Å². The fourth-order valence-electron chi connectivity index (χ4n) is 1.38. The maximum absolute atomic E-state index is 12.2. The Kier molecular flexibility index (Phi) is 4.57. The lowest BCUT2D eigenvalue weighted by molar-refractivity contribution is -0.136. The number of aromatic nitrogens is 2. The predicted octanol–water partition coefficient (Wildman–Crippen LogP) is 2.21. The second-order valence-electron chi connectivity index (χ2n) is 3.74. The molecule has 5 nitrogen and oxygen atoms in total. The van der Waals surface area contributed by atoms with Crippen LogP contribution in [0.3, 0.4) is 0 Å². The minimum absolute atomic E-state index is 0.105. The third-order valence-electron chi connectivity index (χ3n) is 2.05. The predicted molar refractivity (Wildman–Crippen MR) is 61.4 cm³/mol. The zero-order valence-electron chi connectivity index (χ0n) is 10.1. The Balaban J connectivity index is 2.75. The zero-order valence-corrected chi connectivity index (χ0v) is 10.1. The molecule has 8 heteroatoms. The molecule has 1 heterocycles. The number of nitrogen functional groups attached to an aromatic ring is 1. The van der Waals surface area contributed by atoms with Gasteiger partial charge >= 0.3 is 6.18 Å². The van der Waals surface area contributed by atoms with E-state index in [1.165, 1.54) is 13.3 Å². The minimum Gasteiger partial charge on any atom is -0.476 e. The van der Waals surface area contributed by atoms with Crippen molar-refractivity contribution in [3.05, 3.63) is 6.33 Å². The Hall–Kier alpha value is -1.73. The molecule has 1 unspecified atom stereocenters. The summed E-state index contributed by atoms with van der Waals surface area (Å²) >= 11 is 0. The van der Waals surface area contributed by atoms with Crippen molar-refractivity contribution in [3.8, 4) is 5.88 Å². The van der Waals surface area contributed by atoms with Crippen LogP contribution in [0.25, 0.3) is 0 Å². The summed E-state index contributed by atoms with van der Waals surface area (Å²) in [6, 6.07) is -0.836. The van der Waals surface area contributed by atoms with E-state index in [2.05, 4.69) is 15.3 Å². The molecule has 0 aromatic carbocycles. The zero-order chi connectivity index (χ0) is 13.8. The lowest BCUT2D eigenvalue weighted by atomic mass is 10.2. The molecule has 0 amide bonds. The molecule has 18 heavy (non-hydrogen) atoms. The molecule has 1 aromatic heterocycles. The van der Waals surface area contributed by atoms with Gasteiger partial charge in [0.05, 0.1) is 13.0 Å². The first-order valence-corrected chi connectivity index (χ1v) is 5.40. The molecule has 1 aromatic rings. The van der Waals surface area contributed by atoms with Crippen LogP contribution < -0.4 is 15.8 Å². The average Bonchev–Trinajstić information content (AvgIpc) is 2.21. The van der Waals surface area contributed by atoms with Crippen molar-refractivity contribution in [2.75, 3.05) is 17.7 Å². The second-order valence-corrected chi connectivity index (χ2v) is 3.74. The number of hydrogen-bond donors (Lipinski definition) is 2. The molecule has 0 aliphatic heterocycles. The van der Waals surface area contributed by atoms with E-state index in [1.54, 1.807) is 6.92 Å². The van der Waals surface area contributed by atoms with Gasteiger partial charge in [0.1, 0.15) is 12.0 Å².